The Kier molecular flexibility index (Phi) is 4.97. The molecule has 0 N–H and O–H groups in total. The molecule has 0 aliphatic rings. The molecule has 0 saturated carbocycles. The SMILES string of the molecule is CCOC(=O)c1c(C)nc2c(c1-c1ccccc1)c1nnc(C)n1c(=O)n2-c1ccccc1. The van der Waals surface area contributed by atoms with Gasteiger partial charge in [-0.25, -0.2) is 23.5 Å². The van der Waals surface area contributed by atoms with Crippen LogP contribution in [0.15, 0.2) is 65.5 Å². The molecule has 33 heavy (non-hydrogen) atoms. The number of nitrogens with zero attached hydrogens (tertiary/aromatic N) is 5. The van der Waals surface area contributed by atoms with Crippen molar-refractivity contribution in [2.24, 2.45) is 0 Å². The van der Waals surface area contributed by atoms with Crippen LogP contribution in [0.2, 0.25) is 0 Å². The number of fused-ring (bicyclic) bond motifs is 3. The lowest BCUT2D eigenvalue weighted by Crippen LogP contribution is -2.28. The largest absolute Gasteiger partial charge is 0.462 e. The topological polar surface area (TPSA) is 91.4 Å². The molecule has 5 aromatic rings. The minimum absolute atomic E-state index is 0.230. The summed E-state index contributed by atoms with van der Waals surface area (Å²) < 4.78 is 8.37. The summed E-state index contributed by atoms with van der Waals surface area (Å²) in [6.45, 7) is 5.46. The second kappa shape index (κ2) is 7.98. The van der Waals surface area contributed by atoms with E-state index in [1.165, 1.54) is 8.97 Å². The van der Waals surface area contributed by atoms with Crippen LogP contribution in [0.1, 0.15) is 28.8 Å². The molecule has 0 aliphatic carbocycles. The summed E-state index contributed by atoms with van der Waals surface area (Å²) in [5.74, 6) is -0.0334. The molecule has 0 aliphatic heterocycles. The summed E-state index contributed by atoms with van der Waals surface area (Å²) in [5.41, 5.74) is 3.27. The first-order valence-corrected chi connectivity index (χ1v) is 10.6. The molecule has 0 atom stereocenters. The summed E-state index contributed by atoms with van der Waals surface area (Å²) >= 11 is 0. The monoisotopic (exact) mass is 439 g/mol. The smallest absolute Gasteiger partial charge is 0.341 e. The van der Waals surface area contributed by atoms with Crippen LogP contribution in [0.25, 0.3) is 33.5 Å². The zero-order valence-corrected chi connectivity index (χ0v) is 18.4. The third-order valence-electron chi connectivity index (χ3n) is 5.56. The predicted octanol–water partition coefficient (Wildman–Crippen LogP) is 3.89. The number of carbonyl (C=O) groups is 1. The highest BCUT2D eigenvalue weighted by atomic mass is 16.5. The van der Waals surface area contributed by atoms with Crippen molar-refractivity contribution >= 4 is 22.6 Å². The van der Waals surface area contributed by atoms with Crippen molar-refractivity contribution in [2.45, 2.75) is 20.8 Å². The summed E-state index contributed by atoms with van der Waals surface area (Å²) in [6, 6.07) is 18.8. The Hall–Kier alpha value is -4.33. The quantitative estimate of drug-likeness (QED) is 0.395. The van der Waals surface area contributed by atoms with Crippen LogP contribution >= 0.6 is 0 Å². The number of aryl methyl sites for hydroxylation is 2. The van der Waals surface area contributed by atoms with E-state index in [1.54, 1.807) is 20.8 Å². The van der Waals surface area contributed by atoms with Gasteiger partial charge in [0.15, 0.2) is 11.3 Å². The van der Waals surface area contributed by atoms with Crippen LogP contribution in [0.5, 0.6) is 0 Å². The molecule has 0 fully saturated rings. The first-order valence-electron chi connectivity index (χ1n) is 10.6. The maximum Gasteiger partial charge on any atom is 0.341 e. The van der Waals surface area contributed by atoms with Gasteiger partial charge in [0.25, 0.3) is 0 Å². The Morgan fingerprint density at radius 3 is 2.27 bits per heavy atom. The molecular formula is C25H21N5O3. The van der Waals surface area contributed by atoms with Crippen LogP contribution in [0, 0.1) is 13.8 Å². The van der Waals surface area contributed by atoms with Gasteiger partial charge in [-0.2, -0.15) is 0 Å². The van der Waals surface area contributed by atoms with Gasteiger partial charge < -0.3 is 4.74 Å². The Morgan fingerprint density at radius 2 is 1.61 bits per heavy atom. The average molecular weight is 439 g/mol. The fourth-order valence-corrected chi connectivity index (χ4v) is 4.16. The van der Waals surface area contributed by atoms with E-state index in [0.29, 0.717) is 45.0 Å². The van der Waals surface area contributed by atoms with Gasteiger partial charge in [-0.15, -0.1) is 10.2 Å². The number of esters is 1. The van der Waals surface area contributed by atoms with Gasteiger partial charge in [0.2, 0.25) is 0 Å². The summed E-state index contributed by atoms with van der Waals surface area (Å²) in [5, 5.41) is 9.03. The predicted molar refractivity (Wildman–Crippen MR) is 125 cm³/mol. The maximum absolute atomic E-state index is 13.6. The second-order valence-corrected chi connectivity index (χ2v) is 7.59. The van der Waals surface area contributed by atoms with Crippen LogP contribution in [-0.2, 0) is 4.74 Å². The third-order valence-corrected chi connectivity index (χ3v) is 5.56. The Morgan fingerprint density at radius 1 is 0.939 bits per heavy atom. The van der Waals surface area contributed by atoms with Gasteiger partial charge in [-0.1, -0.05) is 48.5 Å². The van der Waals surface area contributed by atoms with Gasteiger partial charge in [0.1, 0.15) is 5.82 Å². The molecule has 8 nitrogen and oxygen atoms in total. The van der Waals surface area contributed by atoms with Crippen molar-refractivity contribution in [3.8, 4) is 16.8 Å². The number of aromatic nitrogens is 5. The molecule has 0 bridgehead atoms. The van der Waals surface area contributed by atoms with Gasteiger partial charge in [0.05, 0.1) is 28.9 Å². The molecule has 0 radical (unpaired) electrons. The van der Waals surface area contributed by atoms with Gasteiger partial charge in [-0.3, -0.25) is 0 Å². The molecule has 164 valence electrons. The molecule has 0 unspecified atom stereocenters. The molecular weight excluding hydrogens is 418 g/mol. The van der Waals surface area contributed by atoms with E-state index >= 15 is 0 Å². The van der Waals surface area contributed by atoms with Crippen molar-refractivity contribution in [1.29, 1.82) is 0 Å². The zero-order valence-electron chi connectivity index (χ0n) is 18.4. The first-order chi connectivity index (χ1) is 16.0. The molecule has 5 rings (SSSR count). The highest BCUT2D eigenvalue weighted by molar-refractivity contribution is 6.11. The molecule has 0 spiro atoms. The highest BCUT2D eigenvalue weighted by Crippen LogP contribution is 2.35. The van der Waals surface area contributed by atoms with E-state index in [2.05, 4.69) is 10.2 Å². The zero-order chi connectivity index (χ0) is 23.1. The van der Waals surface area contributed by atoms with Crippen LogP contribution in [-0.4, -0.2) is 36.7 Å². The van der Waals surface area contributed by atoms with Crippen molar-refractivity contribution in [3.63, 3.8) is 0 Å². The van der Waals surface area contributed by atoms with Gasteiger partial charge in [0, 0.05) is 5.56 Å². The maximum atomic E-state index is 13.6. The van der Waals surface area contributed by atoms with Crippen LogP contribution in [0.4, 0.5) is 0 Å². The number of hydrogen-bond donors (Lipinski definition) is 0. The molecule has 2 aromatic carbocycles. The van der Waals surface area contributed by atoms with Crippen LogP contribution < -0.4 is 5.69 Å². The average Bonchev–Trinajstić information content (AvgIpc) is 3.21. The summed E-state index contributed by atoms with van der Waals surface area (Å²) in [7, 11) is 0. The van der Waals surface area contributed by atoms with Crippen molar-refractivity contribution < 1.29 is 9.53 Å². The number of pyridine rings is 1. The number of carbonyl (C=O) groups excluding carboxylic acids is 1. The summed E-state index contributed by atoms with van der Waals surface area (Å²) in [6.07, 6.45) is 0. The van der Waals surface area contributed by atoms with E-state index in [0.717, 1.165) is 5.56 Å². The fraction of sp³-hybridized carbons (Fsp3) is 0.160. The molecule has 8 heteroatoms. The van der Waals surface area contributed by atoms with E-state index in [9.17, 15) is 9.59 Å². The number of ether oxygens (including phenoxy) is 1. The van der Waals surface area contributed by atoms with E-state index in [1.807, 2.05) is 60.7 Å². The summed E-state index contributed by atoms with van der Waals surface area (Å²) in [4.78, 5) is 31.5. The molecule has 0 saturated heterocycles. The van der Waals surface area contributed by atoms with E-state index in [-0.39, 0.29) is 12.3 Å². The lowest BCUT2D eigenvalue weighted by Gasteiger charge is -2.18. The fourth-order valence-electron chi connectivity index (χ4n) is 4.16. The number of para-hydroxylation sites is 1. The molecule has 0 amide bonds. The Balaban J connectivity index is 2.08. The van der Waals surface area contributed by atoms with Gasteiger partial charge >= 0.3 is 11.7 Å². The number of benzene rings is 2. The van der Waals surface area contributed by atoms with Crippen molar-refractivity contribution in [2.75, 3.05) is 6.61 Å². The van der Waals surface area contributed by atoms with Crippen LogP contribution in [0.3, 0.4) is 0 Å². The van der Waals surface area contributed by atoms with Crippen molar-refractivity contribution in [3.05, 3.63) is 88.2 Å². The molecule has 3 heterocycles. The second-order valence-electron chi connectivity index (χ2n) is 7.59. The van der Waals surface area contributed by atoms with E-state index in [4.69, 9.17) is 9.72 Å². The Bertz CT molecular complexity index is 1570. The lowest BCUT2D eigenvalue weighted by molar-refractivity contribution is 0.0526. The first kappa shape index (κ1) is 20.6. The number of rotatable bonds is 4. The third kappa shape index (κ3) is 3.18. The number of hydrogen-bond acceptors (Lipinski definition) is 6. The van der Waals surface area contributed by atoms with Crippen molar-refractivity contribution in [1.82, 2.24) is 24.1 Å². The normalized spacial score (nSPS) is 11.2. The standard InChI is InChI=1S/C25H21N5O3/c1-4-33-24(31)19-15(2)26-22-21(20(19)17-11-7-5-8-12-17)23-28-27-16(3)29(23)25(32)30(22)18-13-9-6-10-14-18/h5-14H,4H2,1-3H3. The van der Waals surface area contributed by atoms with Gasteiger partial charge in [-0.05, 0) is 38.5 Å². The highest BCUT2D eigenvalue weighted by Gasteiger charge is 2.27. The van der Waals surface area contributed by atoms with E-state index < -0.39 is 5.97 Å². The molecule has 3 aromatic heterocycles. The lowest BCUT2D eigenvalue weighted by atomic mass is 9.95. The minimum atomic E-state index is -0.477. The minimum Gasteiger partial charge on any atom is -0.462 e. The Labute approximate surface area is 189 Å².